The van der Waals surface area contributed by atoms with Crippen LogP contribution in [-0.2, 0) is 11.2 Å². The van der Waals surface area contributed by atoms with Crippen LogP contribution >= 0.6 is 0 Å². The van der Waals surface area contributed by atoms with E-state index in [9.17, 15) is 4.79 Å². The summed E-state index contributed by atoms with van der Waals surface area (Å²) < 4.78 is 5.08. The molecule has 0 aliphatic carbocycles. The van der Waals surface area contributed by atoms with Crippen LogP contribution in [0.4, 0.5) is 5.82 Å². The highest BCUT2D eigenvalue weighted by molar-refractivity contribution is 5.75. The molecule has 0 atom stereocenters. The van der Waals surface area contributed by atoms with Crippen molar-refractivity contribution in [1.29, 1.82) is 0 Å². The molecular formula is C14H16N6O2. The molecule has 0 saturated heterocycles. The van der Waals surface area contributed by atoms with Gasteiger partial charge in [-0.1, -0.05) is 11.1 Å². The molecule has 8 heteroatoms. The predicted molar refractivity (Wildman–Crippen MR) is 79.8 cm³/mol. The highest BCUT2D eigenvalue weighted by atomic mass is 16.5. The SMILES string of the molecule is C#CCN(C)c1cnc(-c2noc(CCC(=O)NC)n2)cn1. The van der Waals surface area contributed by atoms with Gasteiger partial charge in [-0.15, -0.1) is 6.42 Å². The Hall–Kier alpha value is -2.95. The van der Waals surface area contributed by atoms with Gasteiger partial charge < -0.3 is 14.7 Å². The van der Waals surface area contributed by atoms with Crippen molar-refractivity contribution in [3.63, 3.8) is 0 Å². The van der Waals surface area contributed by atoms with Crippen LogP contribution in [0, 0.1) is 12.3 Å². The first kappa shape index (κ1) is 15.4. The van der Waals surface area contributed by atoms with E-state index < -0.39 is 0 Å². The molecule has 1 N–H and O–H groups in total. The van der Waals surface area contributed by atoms with E-state index >= 15 is 0 Å². The molecule has 0 aromatic carbocycles. The van der Waals surface area contributed by atoms with Crippen molar-refractivity contribution in [2.75, 3.05) is 25.5 Å². The Morgan fingerprint density at radius 3 is 2.91 bits per heavy atom. The van der Waals surface area contributed by atoms with Gasteiger partial charge >= 0.3 is 0 Å². The molecule has 0 unspecified atom stereocenters. The lowest BCUT2D eigenvalue weighted by molar-refractivity contribution is -0.120. The Morgan fingerprint density at radius 2 is 2.27 bits per heavy atom. The van der Waals surface area contributed by atoms with Crippen molar-refractivity contribution in [2.45, 2.75) is 12.8 Å². The third kappa shape index (κ3) is 3.79. The van der Waals surface area contributed by atoms with Crippen LogP contribution < -0.4 is 10.2 Å². The number of hydrogen-bond acceptors (Lipinski definition) is 7. The molecule has 0 radical (unpaired) electrons. The zero-order valence-electron chi connectivity index (χ0n) is 12.4. The Kier molecular flexibility index (Phi) is 5.03. The number of nitrogens with zero attached hydrogens (tertiary/aromatic N) is 5. The third-order valence-electron chi connectivity index (χ3n) is 2.90. The third-order valence-corrected chi connectivity index (χ3v) is 2.90. The lowest BCUT2D eigenvalue weighted by atomic mass is 10.3. The molecule has 0 aliphatic rings. The summed E-state index contributed by atoms with van der Waals surface area (Å²) >= 11 is 0. The van der Waals surface area contributed by atoms with E-state index in [2.05, 4.69) is 31.3 Å². The fourth-order valence-electron chi connectivity index (χ4n) is 1.66. The molecule has 0 aliphatic heterocycles. The normalized spacial score (nSPS) is 10.0. The maximum atomic E-state index is 11.2. The van der Waals surface area contributed by atoms with E-state index in [0.717, 1.165) is 0 Å². The van der Waals surface area contributed by atoms with Gasteiger partial charge in [0.25, 0.3) is 0 Å². The van der Waals surface area contributed by atoms with Gasteiger partial charge in [0.1, 0.15) is 11.5 Å². The van der Waals surface area contributed by atoms with E-state index in [1.165, 1.54) is 0 Å². The maximum Gasteiger partial charge on any atom is 0.227 e. The van der Waals surface area contributed by atoms with Crippen molar-refractivity contribution in [3.8, 4) is 23.9 Å². The molecule has 0 bridgehead atoms. The van der Waals surface area contributed by atoms with Gasteiger partial charge in [0.05, 0.1) is 18.9 Å². The number of carbonyl (C=O) groups excluding carboxylic acids is 1. The summed E-state index contributed by atoms with van der Waals surface area (Å²) in [6.07, 6.45) is 9.06. The fraction of sp³-hybridized carbons (Fsp3) is 0.357. The molecule has 1 amide bonds. The number of amides is 1. The van der Waals surface area contributed by atoms with Gasteiger partial charge in [0.15, 0.2) is 0 Å². The first-order chi connectivity index (χ1) is 10.6. The number of nitrogens with one attached hydrogen (secondary N) is 1. The zero-order chi connectivity index (χ0) is 15.9. The second kappa shape index (κ2) is 7.17. The minimum atomic E-state index is -0.0829. The molecule has 2 rings (SSSR count). The molecule has 2 aromatic heterocycles. The monoisotopic (exact) mass is 300 g/mol. The van der Waals surface area contributed by atoms with Crippen molar-refractivity contribution in [2.24, 2.45) is 0 Å². The van der Waals surface area contributed by atoms with Crippen LogP contribution in [0.2, 0.25) is 0 Å². The van der Waals surface area contributed by atoms with Gasteiger partial charge in [-0.05, 0) is 0 Å². The molecule has 114 valence electrons. The van der Waals surface area contributed by atoms with Crippen LogP contribution in [0.15, 0.2) is 16.9 Å². The Balaban J connectivity index is 2.05. The molecule has 2 aromatic rings. The summed E-state index contributed by atoms with van der Waals surface area (Å²) in [5.41, 5.74) is 0.493. The van der Waals surface area contributed by atoms with Crippen molar-refractivity contribution >= 4 is 11.7 Å². The van der Waals surface area contributed by atoms with Crippen LogP contribution in [0.25, 0.3) is 11.5 Å². The van der Waals surface area contributed by atoms with Gasteiger partial charge in [-0.25, -0.2) is 9.97 Å². The van der Waals surface area contributed by atoms with Gasteiger partial charge in [0.2, 0.25) is 17.6 Å². The van der Waals surface area contributed by atoms with Gasteiger partial charge in [-0.3, -0.25) is 4.79 Å². The van der Waals surface area contributed by atoms with E-state index in [1.807, 2.05) is 7.05 Å². The summed E-state index contributed by atoms with van der Waals surface area (Å²) in [5.74, 6) is 3.83. The molecular weight excluding hydrogens is 284 g/mol. The highest BCUT2D eigenvalue weighted by Crippen LogP contribution is 2.15. The number of terminal acetylenes is 1. The Morgan fingerprint density at radius 1 is 1.45 bits per heavy atom. The summed E-state index contributed by atoms with van der Waals surface area (Å²) in [5, 5.41) is 6.37. The van der Waals surface area contributed by atoms with E-state index in [-0.39, 0.29) is 5.91 Å². The molecule has 0 spiro atoms. The number of rotatable bonds is 6. The Labute approximate surface area is 128 Å². The summed E-state index contributed by atoms with van der Waals surface area (Å²) in [6.45, 7) is 0.444. The van der Waals surface area contributed by atoms with Crippen molar-refractivity contribution in [3.05, 3.63) is 18.3 Å². The molecule has 22 heavy (non-hydrogen) atoms. The van der Waals surface area contributed by atoms with Crippen LogP contribution in [0.1, 0.15) is 12.3 Å². The Bertz CT molecular complexity index is 673. The van der Waals surface area contributed by atoms with Crippen molar-refractivity contribution < 1.29 is 9.32 Å². The van der Waals surface area contributed by atoms with Crippen LogP contribution in [0.3, 0.4) is 0 Å². The largest absolute Gasteiger partial charge is 0.359 e. The summed E-state index contributed by atoms with van der Waals surface area (Å²) in [6, 6.07) is 0. The fourth-order valence-corrected chi connectivity index (χ4v) is 1.66. The standard InChI is InChI=1S/C14H16N6O2/c1-4-7-20(3)11-9-16-10(8-17-11)14-18-13(22-19-14)6-5-12(21)15-2/h1,8-9H,5-7H2,2-3H3,(H,15,21). The van der Waals surface area contributed by atoms with Crippen LogP contribution in [0.5, 0.6) is 0 Å². The van der Waals surface area contributed by atoms with Crippen molar-refractivity contribution in [1.82, 2.24) is 25.4 Å². The molecule has 8 nitrogen and oxygen atoms in total. The van der Waals surface area contributed by atoms with E-state index in [0.29, 0.717) is 42.6 Å². The number of aromatic nitrogens is 4. The topological polar surface area (TPSA) is 97.0 Å². The quantitative estimate of drug-likeness (QED) is 0.765. The maximum absolute atomic E-state index is 11.2. The number of carbonyl (C=O) groups is 1. The number of anilines is 1. The first-order valence-electron chi connectivity index (χ1n) is 6.64. The summed E-state index contributed by atoms with van der Waals surface area (Å²) in [7, 11) is 3.41. The number of aryl methyl sites for hydroxylation is 1. The first-order valence-corrected chi connectivity index (χ1v) is 6.64. The highest BCUT2D eigenvalue weighted by Gasteiger charge is 2.12. The van der Waals surface area contributed by atoms with E-state index in [4.69, 9.17) is 10.9 Å². The minimum Gasteiger partial charge on any atom is -0.359 e. The predicted octanol–water partition coefficient (Wildman–Crippen LogP) is 0.275. The smallest absolute Gasteiger partial charge is 0.227 e. The lowest BCUT2D eigenvalue weighted by Gasteiger charge is -2.13. The van der Waals surface area contributed by atoms with E-state index in [1.54, 1.807) is 24.3 Å². The minimum absolute atomic E-state index is 0.0829. The average Bonchev–Trinajstić information content (AvgIpc) is 3.02. The van der Waals surface area contributed by atoms with Gasteiger partial charge in [0, 0.05) is 26.9 Å². The average molecular weight is 300 g/mol. The molecule has 0 saturated carbocycles. The second-order valence-electron chi connectivity index (χ2n) is 4.50. The number of hydrogen-bond donors (Lipinski definition) is 1. The van der Waals surface area contributed by atoms with Gasteiger partial charge in [-0.2, -0.15) is 4.98 Å². The molecule has 2 heterocycles. The second-order valence-corrected chi connectivity index (χ2v) is 4.50. The van der Waals surface area contributed by atoms with Crippen LogP contribution in [-0.4, -0.2) is 46.7 Å². The molecule has 0 fully saturated rings. The lowest BCUT2D eigenvalue weighted by Crippen LogP contribution is -2.18. The summed E-state index contributed by atoms with van der Waals surface area (Å²) in [4.78, 5) is 25.7. The zero-order valence-corrected chi connectivity index (χ0v) is 12.4.